The van der Waals surface area contributed by atoms with Crippen LogP contribution in [-0.4, -0.2) is 22.2 Å². The summed E-state index contributed by atoms with van der Waals surface area (Å²) < 4.78 is 0. The van der Waals surface area contributed by atoms with E-state index in [-0.39, 0.29) is 0 Å². The van der Waals surface area contributed by atoms with E-state index in [2.05, 4.69) is 26.0 Å². The van der Waals surface area contributed by atoms with Gasteiger partial charge in [-0.05, 0) is 102 Å². The van der Waals surface area contributed by atoms with Crippen LogP contribution in [0.4, 0.5) is 0 Å². The zero-order chi connectivity index (χ0) is 23.7. The summed E-state index contributed by atoms with van der Waals surface area (Å²) in [4.78, 5) is 22.5. The Kier molecular flexibility index (Phi) is 10.8. The molecule has 0 amide bonds. The van der Waals surface area contributed by atoms with Crippen molar-refractivity contribution >= 4 is 11.9 Å². The standard InChI is InChI=1S/C27H44O4/c1-20-16-17-21(2)23(15-11-9-13-19-27(5,6)25(30)31)22(20)14-10-7-8-12-18-26(3,4)24(28)29/h16-17H,7-15,18-19H2,1-6H3,(H,28,29)(H,30,31). The lowest BCUT2D eigenvalue weighted by atomic mass is 9.86. The van der Waals surface area contributed by atoms with E-state index in [4.69, 9.17) is 0 Å². The van der Waals surface area contributed by atoms with Crippen LogP contribution in [0.2, 0.25) is 0 Å². The largest absolute Gasteiger partial charge is 0.481 e. The van der Waals surface area contributed by atoms with Gasteiger partial charge in [-0.1, -0.05) is 44.2 Å². The molecule has 0 bridgehead atoms. The molecule has 0 saturated heterocycles. The molecule has 0 radical (unpaired) electrons. The van der Waals surface area contributed by atoms with Crippen molar-refractivity contribution in [2.75, 3.05) is 0 Å². The summed E-state index contributed by atoms with van der Waals surface area (Å²) in [5.74, 6) is -1.42. The number of aliphatic carboxylic acids is 2. The number of carboxylic acid groups (broad SMARTS) is 2. The van der Waals surface area contributed by atoms with Crippen molar-refractivity contribution < 1.29 is 19.8 Å². The molecule has 0 spiro atoms. The zero-order valence-corrected chi connectivity index (χ0v) is 20.6. The smallest absolute Gasteiger partial charge is 0.309 e. The van der Waals surface area contributed by atoms with Gasteiger partial charge >= 0.3 is 11.9 Å². The maximum absolute atomic E-state index is 11.3. The number of unbranched alkanes of at least 4 members (excludes halogenated alkanes) is 5. The first-order valence-electron chi connectivity index (χ1n) is 11.9. The lowest BCUT2D eigenvalue weighted by Crippen LogP contribution is -2.23. The highest BCUT2D eigenvalue weighted by Crippen LogP contribution is 2.27. The van der Waals surface area contributed by atoms with Gasteiger partial charge in [0.1, 0.15) is 0 Å². The van der Waals surface area contributed by atoms with Crippen LogP contribution in [0.1, 0.15) is 108 Å². The quantitative estimate of drug-likeness (QED) is 0.289. The highest BCUT2D eigenvalue weighted by atomic mass is 16.4. The summed E-state index contributed by atoms with van der Waals surface area (Å²) >= 11 is 0. The Hall–Kier alpha value is -1.84. The van der Waals surface area contributed by atoms with E-state index in [1.165, 1.54) is 22.3 Å². The van der Waals surface area contributed by atoms with Crippen molar-refractivity contribution in [2.45, 2.75) is 112 Å². The fraction of sp³-hybridized carbons (Fsp3) is 0.704. The molecular weight excluding hydrogens is 388 g/mol. The van der Waals surface area contributed by atoms with E-state index in [1.54, 1.807) is 27.7 Å². The third kappa shape index (κ3) is 9.04. The first-order chi connectivity index (χ1) is 14.4. The number of carboxylic acids is 2. The van der Waals surface area contributed by atoms with Gasteiger partial charge in [-0.2, -0.15) is 0 Å². The second-order valence-electron chi connectivity index (χ2n) is 10.5. The molecule has 0 aliphatic rings. The van der Waals surface area contributed by atoms with E-state index in [0.717, 1.165) is 70.6 Å². The first kappa shape index (κ1) is 27.2. The maximum Gasteiger partial charge on any atom is 0.309 e. The molecule has 4 nitrogen and oxygen atoms in total. The van der Waals surface area contributed by atoms with Crippen LogP contribution in [0.5, 0.6) is 0 Å². The van der Waals surface area contributed by atoms with Crippen molar-refractivity contribution in [3.8, 4) is 0 Å². The van der Waals surface area contributed by atoms with Crippen LogP contribution in [0.25, 0.3) is 0 Å². The van der Waals surface area contributed by atoms with Crippen LogP contribution in [-0.2, 0) is 22.4 Å². The summed E-state index contributed by atoms with van der Waals surface area (Å²) in [6.45, 7) is 11.6. The summed E-state index contributed by atoms with van der Waals surface area (Å²) in [6.07, 6.45) is 11.0. The normalized spacial score (nSPS) is 12.2. The lowest BCUT2D eigenvalue weighted by molar-refractivity contribution is -0.148. The number of carbonyl (C=O) groups is 2. The minimum Gasteiger partial charge on any atom is -0.481 e. The number of hydrogen-bond donors (Lipinski definition) is 2. The van der Waals surface area contributed by atoms with Crippen LogP contribution < -0.4 is 0 Å². The van der Waals surface area contributed by atoms with Crippen molar-refractivity contribution in [1.29, 1.82) is 0 Å². The molecule has 0 fully saturated rings. The van der Waals surface area contributed by atoms with Gasteiger partial charge in [0.25, 0.3) is 0 Å². The van der Waals surface area contributed by atoms with Gasteiger partial charge in [0, 0.05) is 0 Å². The molecule has 2 N–H and O–H groups in total. The number of hydrogen-bond acceptors (Lipinski definition) is 2. The van der Waals surface area contributed by atoms with Gasteiger partial charge in [0.15, 0.2) is 0 Å². The van der Waals surface area contributed by atoms with Gasteiger partial charge in [0.05, 0.1) is 10.8 Å². The van der Waals surface area contributed by atoms with E-state index < -0.39 is 22.8 Å². The van der Waals surface area contributed by atoms with E-state index in [1.807, 2.05) is 0 Å². The highest BCUT2D eigenvalue weighted by molar-refractivity contribution is 5.73. The van der Waals surface area contributed by atoms with Gasteiger partial charge in [0.2, 0.25) is 0 Å². The molecule has 0 aliphatic heterocycles. The van der Waals surface area contributed by atoms with Crippen molar-refractivity contribution in [3.05, 3.63) is 34.4 Å². The van der Waals surface area contributed by atoms with Crippen molar-refractivity contribution in [2.24, 2.45) is 10.8 Å². The Balaban J connectivity index is 2.50. The Morgan fingerprint density at radius 2 is 0.968 bits per heavy atom. The number of benzene rings is 1. The molecule has 1 aromatic rings. The summed E-state index contributed by atoms with van der Waals surface area (Å²) in [5, 5.41) is 18.5. The Bertz CT molecular complexity index is 731. The molecular formula is C27H44O4. The van der Waals surface area contributed by atoms with E-state index in [9.17, 15) is 19.8 Å². The van der Waals surface area contributed by atoms with Gasteiger partial charge in [-0.25, -0.2) is 0 Å². The highest BCUT2D eigenvalue weighted by Gasteiger charge is 2.26. The second-order valence-corrected chi connectivity index (χ2v) is 10.5. The first-order valence-corrected chi connectivity index (χ1v) is 11.9. The van der Waals surface area contributed by atoms with Crippen molar-refractivity contribution in [1.82, 2.24) is 0 Å². The average molecular weight is 433 g/mol. The van der Waals surface area contributed by atoms with Gasteiger partial charge in [-0.15, -0.1) is 0 Å². The minimum atomic E-state index is -0.712. The maximum atomic E-state index is 11.3. The molecule has 0 aliphatic carbocycles. The molecule has 31 heavy (non-hydrogen) atoms. The molecule has 176 valence electrons. The second kappa shape index (κ2) is 12.3. The minimum absolute atomic E-state index is 0.625. The fourth-order valence-electron chi connectivity index (χ4n) is 4.10. The average Bonchev–Trinajstić information content (AvgIpc) is 2.67. The predicted octanol–water partition coefficient (Wildman–Crippen LogP) is 7.12. The monoisotopic (exact) mass is 432 g/mol. The number of aryl methyl sites for hydroxylation is 2. The van der Waals surface area contributed by atoms with Crippen LogP contribution >= 0.6 is 0 Å². The Morgan fingerprint density at radius 3 is 1.32 bits per heavy atom. The van der Waals surface area contributed by atoms with Crippen molar-refractivity contribution in [3.63, 3.8) is 0 Å². The molecule has 0 atom stereocenters. The van der Waals surface area contributed by atoms with Crippen LogP contribution in [0.3, 0.4) is 0 Å². The third-order valence-corrected chi connectivity index (χ3v) is 6.76. The SMILES string of the molecule is Cc1ccc(C)c(CCCCCC(C)(C)C(=O)O)c1CCCCCCC(C)(C)C(=O)O. The van der Waals surface area contributed by atoms with E-state index >= 15 is 0 Å². The third-order valence-electron chi connectivity index (χ3n) is 6.76. The molecule has 0 unspecified atom stereocenters. The Labute approximate surface area is 189 Å². The molecule has 0 saturated carbocycles. The predicted molar refractivity (Wildman–Crippen MR) is 128 cm³/mol. The summed E-state index contributed by atoms with van der Waals surface area (Å²) in [7, 11) is 0. The number of rotatable bonds is 15. The topological polar surface area (TPSA) is 74.6 Å². The van der Waals surface area contributed by atoms with E-state index in [0.29, 0.717) is 0 Å². The molecule has 4 heteroatoms. The van der Waals surface area contributed by atoms with Crippen LogP contribution in [0, 0.1) is 24.7 Å². The molecule has 1 aromatic carbocycles. The summed E-state index contributed by atoms with van der Waals surface area (Å²) in [5.41, 5.74) is 4.42. The lowest BCUT2D eigenvalue weighted by Gasteiger charge is -2.19. The molecule has 0 heterocycles. The summed E-state index contributed by atoms with van der Waals surface area (Å²) in [6, 6.07) is 4.44. The van der Waals surface area contributed by atoms with Gasteiger partial charge in [-0.3, -0.25) is 9.59 Å². The van der Waals surface area contributed by atoms with Crippen LogP contribution in [0.15, 0.2) is 12.1 Å². The Morgan fingerprint density at radius 1 is 0.645 bits per heavy atom. The molecule has 0 aromatic heterocycles. The molecule has 1 rings (SSSR count). The fourth-order valence-corrected chi connectivity index (χ4v) is 4.10. The zero-order valence-electron chi connectivity index (χ0n) is 20.6. The van der Waals surface area contributed by atoms with Gasteiger partial charge < -0.3 is 10.2 Å².